The van der Waals surface area contributed by atoms with E-state index in [0.29, 0.717) is 5.41 Å². The lowest BCUT2D eigenvalue weighted by molar-refractivity contribution is 0.271. The van der Waals surface area contributed by atoms with Gasteiger partial charge in [-0.3, -0.25) is 9.59 Å². The molecule has 20 heavy (non-hydrogen) atoms. The first kappa shape index (κ1) is 15.2. The van der Waals surface area contributed by atoms with Gasteiger partial charge in [-0.15, -0.1) is 11.3 Å². The van der Waals surface area contributed by atoms with Crippen molar-refractivity contribution in [2.24, 2.45) is 5.41 Å². The van der Waals surface area contributed by atoms with E-state index in [-0.39, 0.29) is 11.3 Å². The third kappa shape index (κ3) is 2.79. The molecule has 4 nitrogen and oxygen atoms in total. The van der Waals surface area contributed by atoms with Crippen LogP contribution in [0.3, 0.4) is 0 Å². The number of nitrogens with zero attached hydrogens (tertiary/aromatic N) is 1. The molecule has 2 aromatic heterocycles. The lowest BCUT2D eigenvalue weighted by Gasteiger charge is -2.32. The lowest BCUT2D eigenvalue weighted by atomic mass is 9.74. The number of carbonyl (C=O) groups is 1. The molecule has 0 radical (unpaired) electrons. The summed E-state index contributed by atoms with van der Waals surface area (Å²) in [6.07, 6.45) is 6.00. The maximum atomic E-state index is 11.9. The van der Waals surface area contributed by atoms with Gasteiger partial charge in [0, 0.05) is 4.88 Å². The Kier molecular flexibility index (Phi) is 4.60. The Labute approximate surface area is 126 Å². The number of hydrogen-bond donors (Lipinski definition) is 1. The van der Waals surface area contributed by atoms with E-state index in [1.807, 2.05) is 0 Å². The molecule has 0 spiro atoms. The van der Waals surface area contributed by atoms with Crippen molar-refractivity contribution in [2.45, 2.75) is 39.5 Å². The summed E-state index contributed by atoms with van der Waals surface area (Å²) in [7, 11) is 0. The third-order valence-corrected chi connectivity index (χ3v) is 5.24. The second-order valence-corrected chi connectivity index (χ2v) is 6.61. The molecule has 3 rings (SSSR count). The van der Waals surface area contributed by atoms with Crippen molar-refractivity contribution < 1.29 is 4.79 Å². The Hall–Kier alpha value is -1.20. The zero-order chi connectivity index (χ0) is 14.8. The molecule has 2 heterocycles. The Morgan fingerprint density at radius 1 is 1.60 bits per heavy atom. The first-order chi connectivity index (χ1) is 9.54. The largest absolute Gasteiger partial charge is 0.313 e. The second kappa shape index (κ2) is 6.06. The number of aromatic amines is 1. The van der Waals surface area contributed by atoms with Crippen LogP contribution in [-0.2, 0) is 17.6 Å². The van der Waals surface area contributed by atoms with Crippen LogP contribution in [-0.4, -0.2) is 15.7 Å². The lowest BCUT2D eigenvalue weighted by Crippen LogP contribution is -2.24. The normalized spacial score (nSPS) is 20.9. The summed E-state index contributed by atoms with van der Waals surface area (Å²) in [6, 6.07) is 0. The Morgan fingerprint density at radius 3 is 2.95 bits per heavy atom. The highest BCUT2D eigenvalue weighted by Gasteiger charge is 2.31. The monoisotopic (exact) mass is 312 g/mol. The fraction of sp³-hybridized carbons (Fsp3) is 0.500. The number of fused-ring (bicyclic) bond motifs is 3. The predicted octanol–water partition coefficient (Wildman–Crippen LogP) is 3.31. The van der Waals surface area contributed by atoms with Crippen LogP contribution in [0.5, 0.6) is 0 Å². The van der Waals surface area contributed by atoms with Crippen molar-refractivity contribution in [3.05, 3.63) is 27.1 Å². The van der Waals surface area contributed by atoms with Crippen LogP contribution in [0.2, 0.25) is 0 Å². The van der Waals surface area contributed by atoms with Crippen molar-refractivity contribution in [1.82, 2.24) is 9.97 Å². The summed E-state index contributed by atoms with van der Waals surface area (Å²) < 4.78 is 0. The molecule has 0 amide bonds. The Balaban J connectivity index is 0.000000452. The fourth-order valence-electron chi connectivity index (χ4n) is 2.66. The van der Waals surface area contributed by atoms with E-state index in [2.05, 4.69) is 35.4 Å². The van der Waals surface area contributed by atoms with E-state index < -0.39 is 0 Å². The molecule has 108 valence electrons. The van der Waals surface area contributed by atoms with Gasteiger partial charge < -0.3 is 4.98 Å². The molecule has 0 saturated carbocycles. The molecule has 0 fully saturated rings. The van der Waals surface area contributed by atoms with Crippen LogP contribution < -0.4 is 5.56 Å². The summed E-state index contributed by atoms with van der Waals surface area (Å²) in [6.45, 7) is 4.60. The SMILES string of the molecule is CC[C@]1(C)CCc2c(sc3nc[nH]c(=O)c23)C1.O=CCl. The summed E-state index contributed by atoms with van der Waals surface area (Å²) in [5, 5.41) is 0.839. The average molecular weight is 313 g/mol. The van der Waals surface area contributed by atoms with Gasteiger partial charge in [-0.05, 0) is 41.8 Å². The molecule has 0 aromatic carbocycles. The van der Waals surface area contributed by atoms with Crippen LogP contribution in [0.25, 0.3) is 10.2 Å². The Morgan fingerprint density at radius 2 is 2.30 bits per heavy atom. The van der Waals surface area contributed by atoms with E-state index in [1.54, 1.807) is 11.3 Å². The second-order valence-electron chi connectivity index (χ2n) is 5.35. The molecule has 0 saturated heterocycles. The van der Waals surface area contributed by atoms with Gasteiger partial charge in [-0.25, -0.2) is 4.98 Å². The summed E-state index contributed by atoms with van der Waals surface area (Å²) >= 11 is 6.02. The topological polar surface area (TPSA) is 62.8 Å². The van der Waals surface area contributed by atoms with Crippen LogP contribution in [0.15, 0.2) is 11.1 Å². The molecular weight excluding hydrogens is 296 g/mol. The van der Waals surface area contributed by atoms with Crippen molar-refractivity contribution in [3.8, 4) is 0 Å². The number of carbonyl (C=O) groups excluding carboxylic acids is 1. The Bertz CT molecular complexity index is 679. The molecule has 1 atom stereocenters. The number of halogens is 1. The molecule has 1 aliphatic carbocycles. The van der Waals surface area contributed by atoms with Gasteiger partial charge in [0.15, 0.2) is 0 Å². The average Bonchev–Trinajstić information content (AvgIpc) is 2.78. The van der Waals surface area contributed by atoms with Crippen molar-refractivity contribution in [3.63, 3.8) is 0 Å². The van der Waals surface area contributed by atoms with E-state index in [4.69, 9.17) is 4.79 Å². The van der Waals surface area contributed by atoms with Gasteiger partial charge in [0.2, 0.25) is 5.75 Å². The number of nitrogens with one attached hydrogen (secondary N) is 1. The maximum absolute atomic E-state index is 11.9. The van der Waals surface area contributed by atoms with Crippen LogP contribution >= 0.6 is 22.9 Å². The number of rotatable bonds is 1. The van der Waals surface area contributed by atoms with E-state index >= 15 is 0 Å². The molecule has 1 aliphatic rings. The highest BCUT2D eigenvalue weighted by Crippen LogP contribution is 2.42. The zero-order valence-electron chi connectivity index (χ0n) is 11.5. The van der Waals surface area contributed by atoms with E-state index in [1.165, 1.54) is 29.6 Å². The van der Waals surface area contributed by atoms with Crippen LogP contribution in [0, 0.1) is 5.41 Å². The molecule has 0 bridgehead atoms. The van der Waals surface area contributed by atoms with Gasteiger partial charge in [0.05, 0.1) is 11.7 Å². The van der Waals surface area contributed by atoms with Gasteiger partial charge in [0.25, 0.3) is 5.56 Å². The van der Waals surface area contributed by atoms with Gasteiger partial charge in [0.1, 0.15) is 4.83 Å². The standard InChI is InChI=1S/C13H16N2OS.CHClO/c1-3-13(2)5-4-8-9(6-13)17-12-10(8)11(16)14-7-15-12;2-1-3/h7H,3-6H2,1-2H3,(H,14,15,16);1H/t13-;/m1./s1. The molecular formula is C14H17ClN2O2S. The molecule has 0 unspecified atom stereocenters. The number of thiophene rings is 1. The fourth-order valence-corrected chi connectivity index (χ4v) is 4.06. The number of hydrogen-bond acceptors (Lipinski definition) is 4. The van der Waals surface area contributed by atoms with Crippen molar-refractivity contribution in [2.75, 3.05) is 0 Å². The van der Waals surface area contributed by atoms with Crippen LogP contribution in [0.1, 0.15) is 37.1 Å². The molecule has 6 heteroatoms. The van der Waals surface area contributed by atoms with Gasteiger partial charge >= 0.3 is 0 Å². The minimum absolute atomic E-state index is 0.0209. The maximum Gasteiger partial charge on any atom is 0.259 e. The minimum atomic E-state index is 0.0209. The number of H-pyrrole nitrogens is 1. The summed E-state index contributed by atoms with van der Waals surface area (Å²) in [4.78, 5) is 29.7. The minimum Gasteiger partial charge on any atom is -0.313 e. The molecule has 2 aromatic rings. The van der Waals surface area contributed by atoms with Crippen LogP contribution in [0.4, 0.5) is 0 Å². The molecule has 1 N–H and O–H groups in total. The number of aryl methyl sites for hydroxylation is 1. The predicted molar refractivity (Wildman–Crippen MR) is 83.3 cm³/mol. The first-order valence-corrected chi connectivity index (χ1v) is 7.81. The first-order valence-electron chi connectivity index (χ1n) is 6.56. The zero-order valence-corrected chi connectivity index (χ0v) is 13.1. The summed E-state index contributed by atoms with van der Waals surface area (Å²) in [5.41, 5.74) is 1.68. The molecule has 0 aliphatic heterocycles. The third-order valence-electron chi connectivity index (χ3n) is 4.10. The number of aromatic nitrogens is 2. The van der Waals surface area contributed by atoms with E-state index in [0.717, 1.165) is 23.1 Å². The summed E-state index contributed by atoms with van der Waals surface area (Å²) in [5.74, 6) is 0.222. The van der Waals surface area contributed by atoms with Crippen molar-refractivity contribution in [1.29, 1.82) is 0 Å². The highest BCUT2D eigenvalue weighted by atomic mass is 35.5. The van der Waals surface area contributed by atoms with Crippen molar-refractivity contribution >= 4 is 38.9 Å². The highest BCUT2D eigenvalue weighted by molar-refractivity contribution is 7.18. The quantitative estimate of drug-likeness (QED) is 0.649. The van der Waals surface area contributed by atoms with Gasteiger partial charge in [-0.1, -0.05) is 20.3 Å². The smallest absolute Gasteiger partial charge is 0.259 e. The van der Waals surface area contributed by atoms with Gasteiger partial charge in [-0.2, -0.15) is 0 Å². The van der Waals surface area contributed by atoms with E-state index in [9.17, 15) is 4.79 Å².